The number of halogens is 1. The van der Waals surface area contributed by atoms with Crippen LogP contribution in [0.4, 0.5) is 10.5 Å². The molecule has 10 heteroatoms. The lowest BCUT2D eigenvalue weighted by molar-refractivity contribution is -0.131. The van der Waals surface area contributed by atoms with Gasteiger partial charge < -0.3 is 4.74 Å². The van der Waals surface area contributed by atoms with E-state index in [2.05, 4.69) is 15.8 Å². The third-order valence-electron chi connectivity index (χ3n) is 4.03. The number of hydrogen-bond acceptors (Lipinski definition) is 6. The molecule has 5 amide bonds. The largest absolute Gasteiger partial charge is 0.497 e. The van der Waals surface area contributed by atoms with E-state index in [4.69, 9.17) is 16.3 Å². The van der Waals surface area contributed by atoms with E-state index in [1.54, 1.807) is 12.1 Å². The van der Waals surface area contributed by atoms with Crippen LogP contribution >= 0.6 is 11.6 Å². The summed E-state index contributed by atoms with van der Waals surface area (Å²) in [6.45, 7) is 0. The Balaban J connectivity index is 1.72. The predicted molar refractivity (Wildman–Crippen MR) is 105 cm³/mol. The molecule has 0 saturated carbocycles. The van der Waals surface area contributed by atoms with E-state index in [0.29, 0.717) is 16.3 Å². The Morgan fingerprint density at radius 1 is 1.14 bits per heavy atom. The number of nitrogens with zero attached hydrogens (tertiary/aromatic N) is 2. The van der Waals surface area contributed by atoms with E-state index >= 15 is 0 Å². The number of carbonyl (C=O) groups is 4. The number of urea groups is 1. The van der Waals surface area contributed by atoms with Gasteiger partial charge in [-0.1, -0.05) is 11.6 Å². The summed E-state index contributed by atoms with van der Waals surface area (Å²) >= 11 is 5.81. The van der Waals surface area contributed by atoms with Gasteiger partial charge in [-0.3, -0.25) is 19.7 Å². The number of amides is 5. The van der Waals surface area contributed by atoms with Crippen molar-refractivity contribution in [2.24, 2.45) is 11.0 Å². The number of barbiturate groups is 1. The Bertz CT molecular complexity index is 989. The lowest BCUT2D eigenvalue weighted by Gasteiger charge is -2.28. The molecule has 0 bridgehead atoms. The molecule has 1 aliphatic rings. The second-order valence-corrected chi connectivity index (χ2v) is 6.31. The average Bonchev–Trinajstić information content (AvgIpc) is 2.71. The summed E-state index contributed by atoms with van der Waals surface area (Å²) in [6.07, 6.45) is 0.967. The second kappa shape index (κ2) is 8.53. The van der Waals surface area contributed by atoms with Crippen LogP contribution in [-0.4, -0.2) is 37.1 Å². The Morgan fingerprint density at radius 3 is 2.41 bits per heavy atom. The molecular weight excluding hydrogens is 400 g/mol. The minimum absolute atomic E-state index is 0.241. The molecular formula is C19H15ClN4O5. The van der Waals surface area contributed by atoms with Crippen molar-refractivity contribution in [2.75, 3.05) is 12.0 Å². The minimum Gasteiger partial charge on any atom is -0.497 e. The number of carbonyl (C=O) groups excluding carboxylic acids is 4. The molecule has 148 valence electrons. The normalized spacial score (nSPS) is 16.7. The van der Waals surface area contributed by atoms with E-state index in [9.17, 15) is 19.2 Å². The van der Waals surface area contributed by atoms with Gasteiger partial charge in [0.15, 0.2) is 5.92 Å². The highest BCUT2D eigenvalue weighted by atomic mass is 35.5. The molecule has 29 heavy (non-hydrogen) atoms. The topological polar surface area (TPSA) is 117 Å². The maximum Gasteiger partial charge on any atom is 0.335 e. The van der Waals surface area contributed by atoms with Crippen molar-refractivity contribution in [1.82, 2.24) is 10.7 Å². The van der Waals surface area contributed by atoms with Gasteiger partial charge in [0.2, 0.25) is 5.91 Å². The second-order valence-electron chi connectivity index (χ2n) is 5.87. The molecule has 2 aromatic carbocycles. The van der Waals surface area contributed by atoms with Gasteiger partial charge in [-0.25, -0.2) is 15.1 Å². The number of benzene rings is 2. The first-order valence-corrected chi connectivity index (χ1v) is 8.70. The molecule has 1 atom stereocenters. The number of ether oxygens (including phenoxy) is 1. The summed E-state index contributed by atoms with van der Waals surface area (Å²) < 4.78 is 5.01. The van der Waals surface area contributed by atoms with Crippen molar-refractivity contribution in [2.45, 2.75) is 0 Å². The highest BCUT2D eigenvalue weighted by Gasteiger charge is 2.40. The number of anilines is 1. The number of nitrogens with one attached hydrogen (secondary N) is 2. The molecule has 1 fully saturated rings. The van der Waals surface area contributed by atoms with E-state index in [0.717, 1.165) is 11.1 Å². The van der Waals surface area contributed by atoms with E-state index in [1.807, 2.05) is 0 Å². The van der Waals surface area contributed by atoms with Crippen molar-refractivity contribution in [1.29, 1.82) is 0 Å². The molecule has 9 nitrogen and oxygen atoms in total. The zero-order valence-electron chi connectivity index (χ0n) is 15.1. The molecule has 0 radical (unpaired) electrons. The standard InChI is InChI=1S/C19H15ClN4O5/c1-29-14-8-2-11(3-9-14)16(25)23-21-10-15-17(26)22-19(28)24(18(15)27)13-6-4-12(20)5-7-13/h2-10,15H,1H3,(H,23,25)(H,22,26,28)/b21-10-/t15-/m0/s1. The van der Waals surface area contributed by atoms with Crippen LogP contribution in [-0.2, 0) is 9.59 Å². The number of hydrazone groups is 1. The summed E-state index contributed by atoms with van der Waals surface area (Å²) in [7, 11) is 1.50. The molecule has 0 unspecified atom stereocenters. The van der Waals surface area contributed by atoms with E-state index < -0.39 is 29.7 Å². The van der Waals surface area contributed by atoms with Crippen molar-refractivity contribution in [3.8, 4) is 5.75 Å². The number of methoxy groups -OCH3 is 1. The first-order valence-electron chi connectivity index (χ1n) is 8.32. The summed E-state index contributed by atoms with van der Waals surface area (Å²) in [5, 5.41) is 6.19. The van der Waals surface area contributed by atoms with Gasteiger partial charge in [-0.15, -0.1) is 0 Å². The number of rotatable bonds is 5. The molecule has 0 spiro atoms. The smallest absolute Gasteiger partial charge is 0.335 e. The lowest BCUT2D eigenvalue weighted by Crippen LogP contribution is -2.58. The first kappa shape index (κ1) is 20.0. The van der Waals surface area contributed by atoms with Crippen LogP contribution in [0.2, 0.25) is 5.02 Å². The quantitative estimate of drug-likeness (QED) is 0.440. The Hall–Kier alpha value is -3.72. The van der Waals surface area contributed by atoms with Gasteiger partial charge in [-0.2, -0.15) is 5.10 Å². The van der Waals surface area contributed by atoms with Crippen molar-refractivity contribution in [3.63, 3.8) is 0 Å². The van der Waals surface area contributed by atoms with Gasteiger partial charge in [0, 0.05) is 16.8 Å². The molecule has 1 aliphatic heterocycles. The molecule has 2 aromatic rings. The molecule has 1 heterocycles. The first-order chi connectivity index (χ1) is 13.9. The SMILES string of the molecule is COc1ccc(C(=O)N/N=C\[C@H]2C(=O)NC(=O)N(c3ccc(Cl)cc3)C2=O)cc1. The minimum atomic E-state index is -1.39. The Morgan fingerprint density at radius 2 is 1.79 bits per heavy atom. The molecule has 3 rings (SSSR count). The summed E-state index contributed by atoms with van der Waals surface area (Å²) in [4.78, 5) is 49.7. The van der Waals surface area contributed by atoms with Gasteiger partial charge in [0.1, 0.15) is 5.75 Å². The van der Waals surface area contributed by atoms with Gasteiger partial charge in [0.25, 0.3) is 11.8 Å². The summed E-state index contributed by atoms with van der Waals surface area (Å²) in [5.41, 5.74) is 2.78. The third kappa shape index (κ3) is 4.41. The fraction of sp³-hybridized carbons (Fsp3) is 0.105. The number of hydrogen-bond donors (Lipinski definition) is 2. The van der Waals surface area contributed by atoms with Crippen molar-refractivity contribution < 1.29 is 23.9 Å². The summed E-state index contributed by atoms with van der Waals surface area (Å²) in [5.74, 6) is -2.99. The van der Waals surface area contributed by atoms with Crippen LogP contribution in [0.15, 0.2) is 53.6 Å². The van der Waals surface area contributed by atoms with E-state index in [-0.39, 0.29) is 5.69 Å². The lowest BCUT2D eigenvalue weighted by atomic mass is 10.1. The fourth-order valence-corrected chi connectivity index (χ4v) is 2.66. The zero-order valence-corrected chi connectivity index (χ0v) is 15.8. The Labute approximate surface area is 170 Å². The maximum absolute atomic E-state index is 12.6. The van der Waals surface area contributed by atoms with Gasteiger partial charge >= 0.3 is 6.03 Å². The van der Waals surface area contributed by atoms with Crippen LogP contribution in [0.25, 0.3) is 0 Å². The molecule has 1 saturated heterocycles. The van der Waals surface area contributed by atoms with Crippen LogP contribution in [0.3, 0.4) is 0 Å². The maximum atomic E-state index is 12.6. The van der Waals surface area contributed by atoms with Crippen LogP contribution in [0.5, 0.6) is 5.75 Å². The monoisotopic (exact) mass is 414 g/mol. The highest BCUT2D eigenvalue weighted by Crippen LogP contribution is 2.22. The average molecular weight is 415 g/mol. The Kier molecular flexibility index (Phi) is 5.89. The highest BCUT2D eigenvalue weighted by molar-refractivity contribution is 6.33. The van der Waals surface area contributed by atoms with Crippen molar-refractivity contribution in [3.05, 3.63) is 59.1 Å². The fourth-order valence-electron chi connectivity index (χ4n) is 2.53. The van der Waals surface area contributed by atoms with Crippen LogP contribution < -0.4 is 20.4 Å². The van der Waals surface area contributed by atoms with Crippen LogP contribution in [0.1, 0.15) is 10.4 Å². The third-order valence-corrected chi connectivity index (χ3v) is 4.28. The molecule has 0 aliphatic carbocycles. The predicted octanol–water partition coefficient (Wildman–Crippen LogP) is 1.96. The number of imide groups is 2. The molecule has 2 N–H and O–H groups in total. The summed E-state index contributed by atoms with van der Waals surface area (Å²) in [6, 6.07) is 11.3. The zero-order chi connectivity index (χ0) is 21.0. The van der Waals surface area contributed by atoms with Gasteiger partial charge in [-0.05, 0) is 48.5 Å². The van der Waals surface area contributed by atoms with E-state index in [1.165, 1.54) is 43.5 Å². The molecule has 0 aromatic heterocycles. The van der Waals surface area contributed by atoms with Crippen molar-refractivity contribution >= 4 is 47.3 Å². The van der Waals surface area contributed by atoms with Crippen LogP contribution in [0, 0.1) is 5.92 Å². The van der Waals surface area contributed by atoms with Gasteiger partial charge in [0.05, 0.1) is 12.8 Å².